The second-order valence-electron chi connectivity index (χ2n) is 6.60. The van der Waals surface area contributed by atoms with Gasteiger partial charge in [-0.25, -0.2) is 8.42 Å². The summed E-state index contributed by atoms with van der Waals surface area (Å²) in [6, 6.07) is 7.31. The van der Waals surface area contributed by atoms with E-state index in [0.29, 0.717) is 23.5 Å². The van der Waals surface area contributed by atoms with Crippen molar-refractivity contribution in [2.45, 2.75) is 57.5 Å². The number of fused-ring (bicyclic) bond motifs is 1. The zero-order valence-electron chi connectivity index (χ0n) is 16.2. The zero-order chi connectivity index (χ0) is 19.2. The Kier molecular flexibility index (Phi) is 7.55. The third-order valence-corrected chi connectivity index (χ3v) is 6.87. The number of pyridine rings is 1. The first-order chi connectivity index (χ1) is 12.5. The number of aromatic nitrogens is 1. The van der Waals surface area contributed by atoms with Gasteiger partial charge in [-0.1, -0.05) is 38.8 Å². The molecule has 0 saturated carbocycles. The van der Waals surface area contributed by atoms with Gasteiger partial charge < -0.3 is 4.74 Å². The lowest BCUT2D eigenvalue weighted by Gasteiger charge is -2.30. The number of benzene rings is 1. The van der Waals surface area contributed by atoms with E-state index in [1.165, 1.54) is 12.8 Å². The summed E-state index contributed by atoms with van der Waals surface area (Å²) in [7, 11) is -1.80. The van der Waals surface area contributed by atoms with E-state index in [-0.39, 0.29) is 6.10 Å². The number of nitrogens with zero attached hydrogens (tertiary/aromatic N) is 2. The lowest BCUT2D eigenvalue weighted by molar-refractivity contribution is 0.0604. The van der Waals surface area contributed by atoms with Crippen molar-refractivity contribution in [2.75, 3.05) is 20.2 Å². The third-order valence-electron chi connectivity index (χ3n) is 4.83. The van der Waals surface area contributed by atoms with E-state index in [9.17, 15) is 8.42 Å². The Bertz CT molecular complexity index is 811. The van der Waals surface area contributed by atoms with Gasteiger partial charge in [-0.2, -0.15) is 4.31 Å². The molecule has 0 aliphatic carbocycles. The van der Waals surface area contributed by atoms with Crippen molar-refractivity contribution in [2.24, 2.45) is 0 Å². The fourth-order valence-electron chi connectivity index (χ4n) is 3.00. The summed E-state index contributed by atoms with van der Waals surface area (Å²) in [6.07, 6.45) is 5.96. The Morgan fingerprint density at radius 3 is 2.38 bits per heavy atom. The van der Waals surface area contributed by atoms with Crippen molar-refractivity contribution in [3.8, 4) is 0 Å². The van der Waals surface area contributed by atoms with Crippen molar-refractivity contribution >= 4 is 20.9 Å². The quantitative estimate of drug-likeness (QED) is 0.802. The van der Waals surface area contributed by atoms with Crippen LogP contribution in [-0.4, -0.2) is 44.0 Å². The summed E-state index contributed by atoms with van der Waals surface area (Å²) in [6.45, 7) is 7.19. The van der Waals surface area contributed by atoms with Gasteiger partial charge in [-0.05, 0) is 37.5 Å². The van der Waals surface area contributed by atoms with Crippen LogP contribution in [0.2, 0.25) is 0 Å². The highest BCUT2D eigenvalue weighted by molar-refractivity contribution is 7.89. The van der Waals surface area contributed by atoms with E-state index in [2.05, 4.69) is 18.8 Å². The van der Waals surface area contributed by atoms with Gasteiger partial charge in [-0.15, -0.1) is 0 Å². The van der Waals surface area contributed by atoms with Crippen molar-refractivity contribution in [3.63, 3.8) is 0 Å². The summed E-state index contributed by atoms with van der Waals surface area (Å²) in [5.41, 5.74) is 1.46. The predicted molar refractivity (Wildman–Crippen MR) is 106 cm³/mol. The molecule has 2 aromatic rings. The first-order valence-electron chi connectivity index (χ1n) is 9.32. The number of hydrogen-bond donors (Lipinski definition) is 0. The molecule has 1 aliphatic rings. The molecule has 1 fully saturated rings. The van der Waals surface area contributed by atoms with Gasteiger partial charge in [0.2, 0.25) is 10.0 Å². The van der Waals surface area contributed by atoms with Crippen LogP contribution in [0.1, 0.15) is 45.1 Å². The van der Waals surface area contributed by atoms with Gasteiger partial charge in [0.05, 0.1) is 16.5 Å². The van der Waals surface area contributed by atoms with Crippen LogP contribution in [0.5, 0.6) is 0 Å². The van der Waals surface area contributed by atoms with Crippen LogP contribution in [0.15, 0.2) is 35.4 Å². The van der Waals surface area contributed by atoms with E-state index in [0.717, 1.165) is 23.7 Å². The van der Waals surface area contributed by atoms with Gasteiger partial charge >= 0.3 is 0 Å². The highest BCUT2D eigenvalue weighted by Gasteiger charge is 2.30. The lowest BCUT2D eigenvalue weighted by Crippen LogP contribution is -2.40. The van der Waals surface area contributed by atoms with Crippen molar-refractivity contribution in [3.05, 3.63) is 36.0 Å². The first-order valence-corrected chi connectivity index (χ1v) is 10.8. The Morgan fingerprint density at radius 1 is 1.15 bits per heavy atom. The zero-order valence-corrected chi connectivity index (χ0v) is 17.1. The molecule has 1 saturated heterocycles. The molecule has 0 N–H and O–H groups in total. The topological polar surface area (TPSA) is 59.5 Å². The first kappa shape index (κ1) is 20.8. The summed E-state index contributed by atoms with van der Waals surface area (Å²) in [4.78, 5) is 4.68. The van der Waals surface area contributed by atoms with Crippen LogP contribution in [0.25, 0.3) is 10.9 Å². The Morgan fingerprint density at radius 2 is 1.81 bits per heavy atom. The molecule has 3 rings (SSSR count). The summed E-state index contributed by atoms with van der Waals surface area (Å²) < 4.78 is 32.7. The largest absolute Gasteiger partial charge is 0.381 e. The van der Waals surface area contributed by atoms with Crippen LogP contribution in [-0.2, 0) is 14.8 Å². The van der Waals surface area contributed by atoms with Crippen LogP contribution in [0.4, 0.5) is 0 Å². The number of hydrogen-bond acceptors (Lipinski definition) is 4. The summed E-state index contributed by atoms with van der Waals surface area (Å²) >= 11 is 0. The number of sulfonamides is 1. The Balaban J connectivity index is 0.000000552. The molecule has 1 aromatic heterocycles. The van der Waals surface area contributed by atoms with Gasteiger partial charge in [0.25, 0.3) is 0 Å². The third kappa shape index (κ3) is 4.61. The summed E-state index contributed by atoms with van der Waals surface area (Å²) in [5.74, 6) is 0. The second kappa shape index (κ2) is 9.44. The molecule has 6 heteroatoms. The maximum atomic E-state index is 12.9. The minimum atomic E-state index is -3.48. The molecule has 2 heterocycles. The minimum Gasteiger partial charge on any atom is -0.381 e. The van der Waals surface area contributed by atoms with E-state index < -0.39 is 10.0 Å². The molecule has 5 nitrogen and oxygen atoms in total. The molecule has 0 unspecified atom stereocenters. The fraction of sp³-hybridized carbons (Fsp3) is 0.550. The van der Waals surface area contributed by atoms with Crippen molar-refractivity contribution < 1.29 is 13.2 Å². The van der Waals surface area contributed by atoms with Crippen LogP contribution >= 0.6 is 0 Å². The molecule has 1 aromatic carbocycles. The number of unbranched alkanes of at least 4 members (excludes halogenated alkanes) is 1. The molecule has 144 valence electrons. The normalized spacial score (nSPS) is 16.3. The van der Waals surface area contributed by atoms with Crippen molar-refractivity contribution in [1.82, 2.24) is 9.29 Å². The van der Waals surface area contributed by atoms with Crippen LogP contribution in [0, 0.1) is 6.92 Å². The monoisotopic (exact) mass is 378 g/mol. The fourth-order valence-corrected chi connectivity index (χ4v) is 4.69. The van der Waals surface area contributed by atoms with Crippen LogP contribution < -0.4 is 0 Å². The molecule has 0 spiro atoms. The number of methoxy groups -OCH3 is 1. The number of piperidine rings is 1. The van der Waals surface area contributed by atoms with E-state index >= 15 is 0 Å². The second-order valence-corrected chi connectivity index (χ2v) is 8.51. The molecule has 0 atom stereocenters. The standard InChI is InChI=1S/C16H20N2O3S.C4H10/c1-12-15(6-5-13-4-3-9-17-16(12)13)22(19,20)18-10-7-14(21-2)8-11-18;1-3-4-2/h3-6,9,14H,7-8,10-11H2,1-2H3;3-4H2,1-2H3. The lowest BCUT2D eigenvalue weighted by atomic mass is 10.1. The van der Waals surface area contributed by atoms with Gasteiger partial charge in [-0.3, -0.25) is 4.98 Å². The molecule has 26 heavy (non-hydrogen) atoms. The Hall–Kier alpha value is -1.50. The predicted octanol–water partition coefficient (Wildman–Crippen LogP) is 4.15. The molecule has 1 aliphatic heterocycles. The number of aryl methyl sites for hydroxylation is 1. The highest BCUT2D eigenvalue weighted by Crippen LogP contribution is 2.28. The summed E-state index contributed by atoms with van der Waals surface area (Å²) in [5, 5.41) is 0.956. The van der Waals surface area contributed by atoms with E-state index in [1.54, 1.807) is 23.7 Å². The van der Waals surface area contributed by atoms with Gasteiger partial charge in [0.15, 0.2) is 0 Å². The molecular formula is C20H30N2O3S. The molecule has 0 bridgehead atoms. The Labute approximate surface area is 157 Å². The van der Waals surface area contributed by atoms with E-state index in [1.807, 2.05) is 25.1 Å². The van der Waals surface area contributed by atoms with Crippen LogP contribution in [0.3, 0.4) is 0 Å². The van der Waals surface area contributed by atoms with E-state index in [4.69, 9.17) is 4.74 Å². The smallest absolute Gasteiger partial charge is 0.243 e. The molecule has 0 amide bonds. The highest BCUT2D eigenvalue weighted by atomic mass is 32.2. The maximum absolute atomic E-state index is 12.9. The SMILES string of the molecule is CCCC.COC1CCN(S(=O)(=O)c2ccc3cccnc3c2C)CC1. The number of rotatable bonds is 4. The minimum absolute atomic E-state index is 0.158. The van der Waals surface area contributed by atoms with Gasteiger partial charge in [0, 0.05) is 31.8 Å². The average Bonchev–Trinajstić information content (AvgIpc) is 2.68. The maximum Gasteiger partial charge on any atom is 0.243 e. The molecule has 0 radical (unpaired) electrons. The average molecular weight is 379 g/mol. The number of ether oxygens (including phenoxy) is 1. The van der Waals surface area contributed by atoms with Crippen molar-refractivity contribution in [1.29, 1.82) is 0 Å². The molecular weight excluding hydrogens is 348 g/mol. The van der Waals surface area contributed by atoms with Gasteiger partial charge in [0.1, 0.15) is 0 Å².